The lowest BCUT2D eigenvalue weighted by Gasteiger charge is -2.10. The highest BCUT2D eigenvalue weighted by Gasteiger charge is 2.12. The van der Waals surface area contributed by atoms with Gasteiger partial charge < -0.3 is 10.4 Å². The second-order valence-corrected chi connectivity index (χ2v) is 8.12. The number of halogens is 2. The van der Waals surface area contributed by atoms with Crippen LogP contribution in [-0.2, 0) is 17.6 Å². The van der Waals surface area contributed by atoms with E-state index in [2.05, 4.69) is 10.3 Å². The van der Waals surface area contributed by atoms with Crippen molar-refractivity contribution >= 4 is 51.5 Å². The largest absolute Gasteiger partial charge is 0.481 e. The molecule has 0 saturated carbocycles. The Balaban J connectivity index is 1.51. The molecule has 32 heavy (non-hydrogen) atoms. The summed E-state index contributed by atoms with van der Waals surface area (Å²) in [4.78, 5) is 28.1. The number of benzene rings is 3. The van der Waals surface area contributed by atoms with E-state index in [4.69, 9.17) is 28.3 Å². The number of carboxylic acid groups (broad SMARTS) is 1. The number of fused-ring (bicyclic) bond motifs is 1. The Morgan fingerprint density at radius 3 is 2.31 bits per heavy atom. The molecule has 1 amide bonds. The molecule has 0 atom stereocenters. The van der Waals surface area contributed by atoms with Gasteiger partial charge in [-0.05, 0) is 46.8 Å². The predicted octanol–water partition coefficient (Wildman–Crippen LogP) is 6.01. The molecule has 0 spiro atoms. The van der Waals surface area contributed by atoms with E-state index < -0.39 is 5.97 Å². The van der Waals surface area contributed by atoms with Crippen LogP contribution in [0.3, 0.4) is 0 Å². The van der Waals surface area contributed by atoms with Gasteiger partial charge in [0.05, 0.1) is 22.2 Å². The van der Waals surface area contributed by atoms with Crippen LogP contribution in [-0.4, -0.2) is 22.0 Å². The molecule has 0 aliphatic heterocycles. The lowest BCUT2D eigenvalue weighted by atomic mass is 9.99. The van der Waals surface area contributed by atoms with E-state index in [1.165, 1.54) is 6.07 Å². The van der Waals surface area contributed by atoms with Crippen LogP contribution >= 0.6 is 23.2 Å². The molecule has 160 valence electrons. The molecule has 1 heterocycles. The molecule has 3 aromatic carbocycles. The van der Waals surface area contributed by atoms with Crippen molar-refractivity contribution in [1.29, 1.82) is 0 Å². The van der Waals surface area contributed by atoms with Gasteiger partial charge in [0.1, 0.15) is 0 Å². The minimum absolute atomic E-state index is 0.0684. The maximum Gasteiger partial charge on any atom is 0.307 e. The normalized spacial score (nSPS) is 10.8. The number of carbonyl (C=O) groups excluding carboxylic acids is 1. The number of carboxylic acids is 1. The number of hydrogen-bond donors (Lipinski definition) is 2. The molecule has 5 nitrogen and oxygen atoms in total. The zero-order valence-corrected chi connectivity index (χ0v) is 18.3. The van der Waals surface area contributed by atoms with E-state index in [1.807, 2.05) is 48.5 Å². The number of pyridine rings is 1. The van der Waals surface area contributed by atoms with Gasteiger partial charge >= 0.3 is 5.97 Å². The average molecular weight is 465 g/mol. The van der Waals surface area contributed by atoms with Crippen molar-refractivity contribution in [3.63, 3.8) is 0 Å². The third-order valence-corrected chi connectivity index (χ3v) is 5.81. The summed E-state index contributed by atoms with van der Waals surface area (Å²) in [6.07, 6.45) is 2.15. The summed E-state index contributed by atoms with van der Waals surface area (Å²) in [5.74, 6) is -1.17. The number of nitrogens with zero attached hydrogens (tertiary/aromatic N) is 1. The van der Waals surface area contributed by atoms with Crippen LogP contribution in [0.25, 0.3) is 10.8 Å². The number of amides is 1. The number of hydrogen-bond acceptors (Lipinski definition) is 3. The summed E-state index contributed by atoms with van der Waals surface area (Å²) in [7, 11) is 0. The summed E-state index contributed by atoms with van der Waals surface area (Å²) in [5.41, 5.74) is 3.64. The Hall–Kier alpha value is -3.41. The Morgan fingerprint density at radius 1 is 0.906 bits per heavy atom. The Kier molecular flexibility index (Phi) is 6.40. The first kappa shape index (κ1) is 21.8. The van der Waals surface area contributed by atoms with E-state index in [9.17, 15) is 9.59 Å². The van der Waals surface area contributed by atoms with E-state index >= 15 is 0 Å². The summed E-state index contributed by atoms with van der Waals surface area (Å²) in [5, 5.41) is 14.5. The highest BCUT2D eigenvalue weighted by Crippen LogP contribution is 2.25. The quantitative estimate of drug-likeness (QED) is 0.366. The van der Waals surface area contributed by atoms with Crippen LogP contribution in [0.1, 0.15) is 27.2 Å². The fraction of sp³-hybridized carbons (Fsp3) is 0.0800. The Bertz CT molecular complexity index is 1320. The molecule has 0 fully saturated rings. The first-order valence-corrected chi connectivity index (χ1v) is 10.6. The summed E-state index contributed by atoms with van der Waals surface area (Å²) in [6, 6.07) is 19.9. The van der Waals surface area contributed by atoms with Crippen LogP contribution in [0.4, 0.5) is 5.69 Å². The van der Waals surface area contributed by atoms with Gasteiger partial charge in [-0.3, -0.25) is 14.6 Å². The molecule has 0 saturated heterocycles. The van der Waals surface area contributed by atoms with Crippen molar-refractivity contribution in [3.05, 3.63) is 105 Å². The van der Waals surface area contributed by atoms with Gasteiger partial charge in [-0.25, -0.2) is 0 Å². The molecule has 7 heteroatoms. The lowest BCUT2D eigenvalue weighted by molar-refractivity contribution is -0.136. The highest BCUT2D eigenvalue weighted by atomic mass is 35.5. The molecule has 0 aliphatic rings. The molecule has 0 radical (unpaired) electrons. The smallest absolute Gasteiger partial charge is 0.307 e. The third-order valence-electron chi connectivity index (χ3n) is 5.07. The number of nitrogens with one attached hydrogen (secondary N) is 1. The molecular formula is C25H18Cl2N2O3. The molecule has 0 bridgehead atoms. The molecule has 0 unspecified atom stereocenters. The first-order valence-electron chi connectivity index (χ1n) is 9.83. The van der Waals surface area contributed by atoms with E-state index in [0.717, 1.165) is 22.0 Å². The van der Waals surface area contributed by atoms with Gasteiger partial charge in [-0.2, -0.15) is 0 Å². The molecule has 4 aromatic rings. The van der Waals surface area contributed by atoms with E-state index in [1.54, 1.807) is 18.3 Å². The van der Waals surface area contributed by atoms with Gasteiger partial charge in [0.25, 0.3) is 5.91 Å². The number of carbonyl (C=O) groups is 2. The fourth-order valence-electron chi connectivity index (χ4n) is 3.49. The monoisotopic (exact) mass is 464 g/mol. The van der Waals surface area contributed by atoms with Crippen molar-refractivity contribution in [3.8, 4) is 0 Å². The number of aliphatic carboxylic acids is 1. The van der Waals surface area contributed by atoms with Crippen molar-refractivity contribution in [2.24, 2.45) is 0 Å². The SMILES string of the molecule is O=C(O)Cc1cnc(Cc2ccc(NC(=O)c3ccc(Cl)c(Cl)c3)cc2)c2ccccc12. The average Bonchev–Trinajstić information content (AvgIpc) is 2.78. The van der Waals surface area contributed by atoms with Crippen molar-refractivity contribution in [2.45, 2.75) is 12.8 Å². The third kappa shape index (κ3) is 4.90. The van der Waals surface area contributed by atoms with E-state index in [-0.39, 0.29) is 12.3 Å². The van der Waals surface area contributed by atoms with Crippen LogP contribution in [0.5, 0.6) is 0 Å². The predicted molar refractivity (Wildman–Crippen MR) is 127 cm³/mol. The van der Waals surface area contributed by atoms with Gasteiger partial charge in [0.2, 0.25) is 0 Å². The van der Waals surface area contributed by atoms with E-state index in [0.29, 0.717) is 33.3 Å². The Labute approximate surface area is 194 Å². The van der Waals surface area contributed by atoms with Gasteiger partial charge in [-0.15, -0.1) is 0 Å². The number of rotatable bonds is 6. The van der Waals surface area contributed by atoms with Crippen molar-refractivity contribution in [2.75, 3.05) is 5.32 Å². The second kappa shape index (κ2) is 9.39. The van der Waals surface area contributed by atoms with Crippen LogP contribution in [0.2, 0.25) is 10.0 Å². The highest BCUT2D eigenvalue weighted by molar-refractivity contribution is 6.42. The van der Waals surface area contributed by atoms with Gasteiger partial charge in [-0.1, -0.05) is 59.6 Å². The second-order valence-electron chi connectivity index (χ2n) is 7.30. The Morgan fingerprint density at radius 2 is 1.62 bits per heavy atom. The summed E-state index contributed by atoms with van der Waals surface area (Å²) < 4.78 is 0. The van der Waals surface area contributed by atoms with Crippen molar-refractivity contribution in [1.82, 2.24) is 4.98 Å². The fourth-order valence-corrected chi connectivity index (χ4v) is 3.79. The lowest BCUT2D eigenvalue weighted by Crippen LogP contribution is -2.11. The van der Waals surface area contributed by atoms with Crippen LogP contribution < -0.4 is 5.32 Å². The standard InChI is InChI=1S/C25H18Cl2N2O3/c26-21-10-7-16(12-22(21)27)25(32)29-18-8-5-15(6-9-18)11-23-20-4-2-1-3-19(20)17(14-28-23)13-24(30)31/h1-10,12,14H,11,13H2,(H,29,32)(H,30,31). The summed E-state index contributed by atoms with van der Waals surface area (Å²) in [6.45, 7) is 0. The first-order chi connectivity index (χ1) is 15.4. The number of aromatic nitrogens is 1. The maximum absolute atomic E-state index is 12.4. The zero-order valence-electron chi connectivity index (χ0n) is 16.8. The van der Waals surface area contributed by atoms with Gasteiger partial charge in [0, 0.05) is 29.3 Å². The minimum Gasteiger partial charge on any atom is -0.481 e. The van der Waals surface area contributed by atoms with Crippen LogP contribution in [0.15, 0.2) is 72.9 Å². The molecule has 1 aromatic heterocycles. The summed E-state index contributed by atoms with van der Waals surface area (Å²) >= 11 is 11.9. The number of anilines is 1. The van der Waals surface area contributed by atoms with Crippen molar-refractivity contribution < 1.29 is 14.7 Å². The molecule has 0 aliphatic carbocycles. The minimum atomic E-state index is -0.886. The zero-order chi connectivity index (χ0) is 22.7. The van der Waals surface area contributed by atoms with Gasteiger partial charge in [0.15, 0.2) is 0 Å². The molecular weight excluding hydrogens is 447 g/mol. The van der Waals surface area contributed by atoms with Crippen LogP contribution in [0, 0.1) is 0 Å². The topological polar surface area (TPSA) is 79.3 Å². The maximum atomic E-state index is 12.4. The molecule has 4 rings (SSSR count). The molecule has 2 N–H and O–H groups in total.